The Morgan fingerprint density at radius 1 is 0.939 bits per heavy atom. The highest BCUT2D eigenvalue weighted by Crippen LogP contribution is 2.31. The summed E-state index contributed by atoms with van der Waals surface area (Å²) in [6.07, 6.45) is -1.16. The number of nitrogens with zero attached hydrogens (tertiary/aromatic N) is 1. The van der Waals surface area contributed by atoms with Crippen LogP contribution in [0.25, 0.3) is 0 Å². The summed E-state index contributed by atoms with van der Waals surface area (Å²) in [5.41, 5.74) is 0.871. The second kappa shape index (κ2) is 9.72. The molecule has 0 radical (unpaired) electrons. The number of carbonyl (C=O) groups excluding carboxylic acids is 5. The Hall–Kier alpha value is -3.23. The first-order valence-electron chi connectivity index (χ1n) is 9.99. The molecule has 0 saturated carbocycles. The number of nitrogens with one attached hydrogen (secondary N) is 1. The monoisotopic (exact) mass is 490 g/mol. The number of fused-ring (bicyclic) bond motifs is 1. The van der Waals surface area contributed by atoms with Crippen molar-refractivity contribution in [3.05, 3.63) is 63.1 Å². The smallest absolute Gasteiger partial charge is 0.326 e. The summed E-state index contributed by atoms with van der Waals surface area (Å²) < 4.78 is 5.14. The molecule has 0 aliphatic carbocycles. The van der Waals surface area contributed by atoms with E-state index in [4.69, 9.17) is 27.9 Å². The van der Waals surface area contributed by atoms with Crippen LogP contribution in [0.5, 0.6) is 0 Å². The SMILES string of the molecule is CC(C)C(=O)Nc1ccc(C(=O)C(C)OC(=O)CN2C(=O)c3cc(Cl)c(Cl)cc3C2=O)cc1. The molecule has 1 atom stereocenters. The Morgan fingerprint density at radius 2 is 1.45 bits per heavy atom. The molecule has 0 bridgehead atoms. The first-order chi connectivity index (χ1) is 15.5. The number of Topliss-reactive ketones (excluding diaryl/α,β-unsaturated/α-hetero) is 1. The number of halogens is 2. The lowest BCUT2D eigenvalue weighted by Gasteiger charge is -2.16. The lowest BCUT2D eigenvalue weighted by molar-refractivity contribution is -0.146. The van der Waals surface area contributed by atoms with Crippen molar-refractivity contribution >= 4 is 58.4 Å². The summed E-state index contributed by atoms with van der Waals surface area (Å²) in [6.45, 7) is 4.24. The highest BCUT2D eigenvalue weighted by molar-refractivity contribution is 6.43. The molecule has 0 spiro atoms. The van der Waals surface area contributed by atoms with Crippen molar-refractivity contribution in [3.63, 3.8) is 0 Å². The zero-order valence-electron chi connectivity index (χ0n) is 18.0. The van der Waals surface area contributed by atoms with Gasteiger partial charge in [0, 0.05) is 17.2 Å². The molecule has 3 amide bonds. The van der Waals surface area contributed by atoms with E-state index in [1.54, 1.807) is 26.0 Å². The van der Waals surface area contributed by atoms with Crippen molar-refractivity contribution in [1.82, 2.24) is 4.90 Å². The maximum Gasteiger partial charge on any atom is 0.326 e. The van der Waals surface area contributed by atoms with Gasteiger partial charge in [-0.25, -0.2) is 0 Å². The van der Waals surface area contributed by atoms with Crippen LogP contribution in [-0.4, -0.2) is 47.0 Å². The van der Waals surface area contributed by atoms with Gasteiger partial charge in [-0.2, -0.15) is 0 Å². The van der Waals surface area contributed by atoms with E-state index in [0.29, 0.717) is 10.6 Å². The quantitative estimate of drug-likeness (QED) is 0.356. The van der Waals surface area contributed by atoms with Crippen LogP contribution in [0.15, 0.2) is 36.4 Å². The topological polar surface area (TPSA) is 110 Å². The van der Waals surface area contributed by atoms with E-state index >= 15 is 0 Å². The minimum absolute atomic E-state index is 0.0379. The second-order valence-corrected chi connectivity index (χ2v) is 8.54. The molecule has 0 aromatic heterocycles. The van der Waals surface area contributed by atoms with Crippen LogP contribution in [0.2, 0.25) is 10.0 Å². The largest absolute Gasteiger partial charge is 0.453 e. The van der Waals surface area contributed by atoms with E-state index in [1.807, 2.05) is 0 Å². The molecule has 172 valence electrons. The fourth-order valence-electron chi connectivity index (χ4n) is 3.08. The maximum atomic E-state index is 12.6. The number of rotatable bonds is 7. The van der Waals surface area contributed by atoms with Gasteiger partial charge in [0.05, 0.1) is 21.2 Å². The summed E-state index contributed by atoms with van der Waals surface area (Å²) in [6, 6.07) is 8.67. The lowest BCUT2D eigenvalue weighted by atomic mass is 10.1. The number of carbonyl (C=O) groups is 5. The number of imide groups is 1. The van der Waals surface area contributed by atoms with Gasteiger partial charge in [0.15, 0.2) is 6.10 Å². The van der Waals surface area contributed by atoms with Crippen LogP contribution in [0.1, 0.15) is 51.8 Å². The van der Waals surface area contributed by atoms with Crippen LogP contribution >= 0.6 is 23.2 Å². The fourth-order valence-corrected chi connectivity index (χ4v) is 3.41. The molecule has 0 fully saturated rings. The Morgan fingerprint density at radius 3 is 1.94 bits per heavy atom. The van der Waals surface area contributed by atoms with Gasteiger partial charge in [0.25, 0.3) is 11.8 Å². The van der Waals surface area contributed by atoms with Crippen molar-refractivity contribution in [1.29, 1.82) is 0 Å². The average Bonchev–Trinajstić information content (AvgIpc) is 2.98. The summed E-state index contributed by atoms with van der Waals surface area (Å²) in [5, 5.41) is 2.92. The summed E-state index contributed by atoms with van der Waals surface area (Å²) in [4.78, 5) is 62.4. The molecule has 1 aliphatic rings. The van der Waals surface area contributed by atoms with Crippen molar-refractivity contribution in [2.24, 2.45) is 5.92 Å². The van der Waals surface area contributed by atoms with Gasteiger partial charge in [0.1, 0.15) is 6.54 Å². The van der Waals surface area contributed by atoms with E-state index in [2.05, 4.69) is 5.32 Å². The summed E-state index contributed by atoms with van der Waals surface area (Å²) >= 11 is 11.8. The number of amides is 3. The van der Waals surface area contributed by atoms with E-state index in [1.165, 1.54) is 31.2 Å². The second-order valence-electron chi connectivity index (χ2n) is 7.73. The molecule has 1 aliphatic heterocycles. The van der Waals surface area contributed by atoms with Crippen molar-refractivity contribution in [2.45, 2.75) is 26.9 Å². The number of ketones is 1. The summed E-state index contributed by atoms with van der Waals surface area (Å²) in [5.74, 6) is -3.17. The van der Waals surface area contributed by atoms with Gasteiger partial charge in [-0.1, -0.05) is 37.0 Å². The third-order valence-electron chi connectivity index (χ3n) is 4.94. The number of benzene rings is 2. The molecule has 2 aromatic carbocycles. The Kier molecular flexibility index (Phi) is 7.19. The van der Waals surface area contributed by atoms with E-state index in [9.17, 15) is 24.0 Å². The maximum absolute atomic E-state index is 12.6. The molecule has 33 heavy (non-hydrogen) atoms. The highest BCUT2D eigenvalue weighted by atomic mass is 35.5. The van der Waals surface area contributed by atoms with Crippen LogP contribution in [0, 0.1) is 5.92 Å². The number of ether oxygens (including phenoxy) is 1. The Bertz CT molecular complexity index is 1120. The number of anilines is 1. The van der Waals surface area contributed by atoms with Gasteiger partial charge in [-0.3, -0.25) is 28.9 Å². The predicted octanol–water partition coefficient (Wildman–Crippen LogP) is 4.00. The van der Waals surface area contributed by atoms with Gasteiger partial charge in [0.2, 0.25) is 11.7 Å². The molecule has 8 nitrogen and oxygen atoms in total. The van der Waals surface area contributed by atoms with Gasteiger partial charge < -0.3 is 10.1 Å². The van der Waals surface area contributed by atoms with Crippen molar-refractivity contribution in [2.75, 3.05) is 11.9 Å². The molecule has 1 N–H and O–H groups in total. The zero-order valence-corrected chi connectivity index (χ0v) is 19.5. The molecule has 1 heterocycles. The number of hydrogen-bond donors (Lipinski definition) is 1. The highest BCUT2D eigenvalue weighted by Gasteiger charge is 2.38. The molecule has 10 heteroatoms. The third-order valence-corrected chi connectivity index (χ3v) is 5.66. The molecule has 0 saturated heterocycles. The van der Waals surface area contributed by atoms with E-state index in [-0.39, 0.29) is 38.6 Å². The minimum atomic E-state index is -1.16. The fraction of sp³-hybridized carbons (Fsp3) is 0.261. The standard InChI is InChI=1S/C23H20Cl2N2O6/c1-11(2)21(30)26-14-6-4-13(5-7-14)20(29)12(3)33-19(28)10-27-22(31)15-8-17(24)18(25)9-16(15)23(27)32/h4-9,11-12H,10H2,1-3H3,(H,26,30). The molecular weight excluding hydrogens is 471 g/mol. The normalized spacial score (nSPS) is 13.7. The van der Waals surface area contributed by atoms with Crippen molar-refractivity contribution < 1.29 is 28.7 Å². The average molecular weight is 491 g/mol. The third kappa shape index (κ3) is 5.23. The predicted molar refractivity (Wildman–Crippen MR) is 122 cm³/mol. The Labute approximate surface area is 199 Å². The Balaban J connectivity index is 1.61. The molecule has 2 aromatic rings. The van der Waals surface area contributed by atoms with E-state index in [0.717, 1.165) is 0 Å². The molecule has 1 unspecified atom stereocenters. The van der Waals surface area contributed by atoms with Crippen LogP contribution in [0.4, 0.5) is 5.69 Å². The van der Waals surface area contributed by atoms with Gasteiger partial charge >= 0.3 is 5.97 Å². The first kappa shape index (κ1) is 24.4. The first-order valence-corrected chi connectivity index (χ1v) is 10.7. The molecule has 3 rings (SSSR count). The van der Waals surface area contributed by atoms with Crippen LogP contribution in [-0.2, 0) is 14.3 Å². The number of esters is 1. The lowest BCUT2D eigenvalue weighted by Crippen LogP contribution is -2.37. The van der Waals surface area contributed by atoms with E-state index < -0.39 is 36.2 Å². The zero-order chi connectivity index (χ0) is 24.4. The van der Waals surface area contributed by atoms with Crippen LogP contribution in [0.3, 0.4) is 0 Å². The minimum Gasteiger partial charge on any atom is -0.453 e. The van der Waals surface area contributed by atoms with Crippen LogP contribution < -0.4 is 5.32 Å². The molecular formula is C23H20Cl2N2O6. The van der Waals surface area contributed by atoms with Crippen molar-refractivity contribution in [3.8, 4) is 0 Å². The van der Waals surface area contributed by atoms with Gasteiger partial charge in [-0.05, 0) is 43.3 Å². The summed E-state index contributed by atoms with van der Waals surface area (Å²) in [7, 11) is 0. The van der Waals surface area contributed by atoms with Gasteiger partial charge in [-0.15, -0.1) is 0 Å². The number of hydrogen-bond acceptors (Lipinski definition) is 6.